The third-order valence-electron chi connectivity index (χ3n) is 8.46. The van der Waals surface area contributed by atoms with Crippen molar-refractivity contribution in [3.63, 3.8) is 0 Å². The third kappa shape index (κ3) is 9.26. The molecule has 234 valence electrons. The average Bonchev–Trinajstić information content (AvgIpc) is 3.45. The molecule has 0 radical (unpaired) electrons. The first-order valence-corrected chi connectivity index (χ1v) is 17.0. The maximum absolute atomic E-state index is 13.9. The number of benzene rings is 1. The Hall–Kier alpha value is -2.99. The molecule has 0 aromatic heterocycles. The monoisotopic (exact) mass is 604 g/mol. The van der Waals surface area contributed by atoms with Gasteiger partial charge in [0, 0.05) is 32.1 Å². The van der Waals surface area contributed by atoms with Crippen LogP contribution in [0.25, 0.3) is 0 Å². The van der Waals surface area contributed by atoms with Crippen LogP contribution in [0.15, 0.2) is 35.3 Å². The highest BCUT2D eigenvalue weighted by Gasteiger charge is 2.41. The van der Waals surface area contributed by atoms with Crippen LogP contribution in [0, 0.1) is 11.8 Å². The highest BCUT2D eigenvalue weighted by molar-refractivity contribution is 7.88. The second kappa shape index (κ2) is 15.5. The Labute approximate surface area is 250 Å². The maximum Gasteiger partial charge on any atom is 0.251 e. The molecule has 0 spiro atoms. The Morgan fingerprint density at radius 3 is 2.31 bits per heavy atom. The van der Waals surface area contributed by atoms with E-state index in [9.17, 15) is 22.8 Å². The van der Waals surface area contributed by atoms with Crippen LogP contribution >= 0.6 is 0 Å². The molecule has 0 saturated carbocycles. The van der Waals surface area contributed by atoms with Crippen molar-refractivity contribution in [3.8, 4) is 0 Å². The molecule has 2 heterocycles. The van der Waals surface area contributed by atoms with Crippen LogP contribution in [0.5, 0.6) is 0 Å². The number of amides is 3. The first kappa shape index (κ1) is 33.5. The lowest BCUT2D eigenvalue weighted by molar-refractivity contribution is -0.140. The SMILES string of the molecule is CCCCCC(C)C(=O)N=C(N)N1CCC(CN([C@H](Cc2ccccc2)C(=O)N2CCC[C@H]2C(N)=O)S(C)(=O)=O)CC1. The summed E-state index contributed by atoms with van der Waals surface area (Å²) < 4.78 is 27.7. The van der Waals surface area contributed by atoms with E-state index in [-0.39, 0.29) is 36.7 Å². The number of carbonyl (C=O) groups is 3. The number of nitrogens with two attached hydrogens (primary N) is 2. The Kier molecular flexibility index (Phi) is 12.3. The molecule has 2 aliphatic heterocycles. The molecule has 42 heavy (non-hydrogen) atoms. The molecule has 1 aromatic carbocycles. The summed E-state index contributed by atoms with van der Waals surface area (Å²) in [6.07, 6.45) is 7.61. The fourth-order valence-corrected chi connectivity index (χ4v) is 6.99. The van der Waals surface area contributed by atoms with Crippen molar-refractivity contribution in [3.05, 3.63) is 35.9 Å². The molecular weight excluding hydrogens is 556 g/mol. The summed E-state index contributed by atoms with van der Waals surface area (Å²) in [5, 5.41) is 0. The van der Waals surface area contributed by atoms with Gasteiger partial charge in [0.1, 0.15) is 12.1 Å². The lowest BCUT2D eigenvalue weighted by Crippen LogP contribution is -2.56. The summed E-state index contributed by atoms with van der Waals surface area (Å²) in [6.45, 7) is 5.58. The van der Waals surface area contributed by atoms with E-state index in [2.05, 4.69) is 11.9 Å². The van der Waals surface area contributed by atoms with Crippen molar-refractivity contribution in [2.24, 2.45) is 28.3 Å². The van der Waals surface area contributed by atoms with E-state index in [1.54, 1.807) is 0 Å². The van der Waals surface area contributed by atoms with Crippen molar-refractivity contribution in [1.82, 2.24) is 14.1 Å². The number of sulfonamides is 1. The summed E-state index contributed by atoms with van der Waals surface area (Å²) in [5.41, 5.74) is 12.6. The van der Waals surface area contributed by atoms with E-state index >= 15 is 0 Å². The average molecular weight is 605 g/mol. The van der Waals surface area contributed by atoms with Crippen LogP contribution in [0.3, 0.4) is 0 Å². The molecule has 11 nitrogen and oxygen atoms in total. The molecular formula is C30H48N6O5S. The van der Waals surface area contributed by atoms with E-state index in [0.29, 0.717) is 45.3 Å². The van der Waals surface area contributed by atoms with Gasteiger partial charge in [0.15, 0.2) is 5.96 Å². The minimum absolute atomic E-state index is 0.0240. The number of piperidine rings is 1. The Bertz CT molecular complexity index is 1200. The van der Waals surface area contributed by atoms with Crippen LogP contribution in [0.4, 0.5) is 0 Å². The molecule has 2 aliphatic rings. The largest absolute Gasteiger partial charge is 0.369 e. The van der Waals surface area contributed by atoms with E-state index < -0.39 is 33.9 Å². The molecule has 2 fully saturated rings. The third-order valence-corrected chi connectivity index (χ3v) is 9.71. The minimum atomic E-state index is -3.80. The lowest BCUT2D eigenvalue weighted by atomic mass is 9.95. The van der Waals surface area contributed by atoms with Crippen LogP contribution < -0.4 is 11.5 Å². The number of unbranched alkanes of at least 4 members (excludes halogenated alkanes) is 2. The van der Waals surface area contributed by atoms with Gasteiger partial charge in [-0.05, 0) is 50.0 Å². The van der Waals surface area contributed by atoms with Crippen molar-refractivity contribution in [2.45, 2.75) is 83.7 Å². The van der Waals surface area contributed by atoms with Crippen molar-refractivity contribution in [1.29, 1.82) is 0 Å². The topological polar surface area (TPSA) is 159 Å². The van der Waals surface area contributed by atoms with Crippen LogP contribution in [-0.4, -0.2) is 90.7 Å². The van der Waals surface area contributed by atoms with Gasteiger partial charge in [0.2, 0.25) is 21.8 Å². The number of primary amides is 1. The molecule has 0 aliphatic carbocycles. The zero-order chi connectivity index (χ0) is 30.9. The first-order valence-electron chi connectivity index (χ1n) is 15.2. The van der Waals surface area contributed by atoms with Gasteiger partial charge in [-0.2, -0.15) is 9.30 Å². The normalized spacial score (nSPS) is 20.1. The van der Waals surface area contributed by atoms with Gasteiger partial charge in [-0.25, -0.2) is 8.42 Å². The summed E-state index contributed by atoms with van der Waals surface area (Å²) in [7, 11) is -3.80. The number of carbonyl (C=O) groups excluding carboxylic acids is 3. The first-order chi connectivity index (χ1) is 19.9. The van der Waals surface area contributed by atoms with E-state index in [1.807, 2.05) is 42.2 Å². The van der Waals surface area contributed by atoms with E-state index in [4.69, 9.17) is 11.5 Å². The number of hydrogen-bond acceptors (Lipinski definition) is 5. The number of rotatable bonds is 13. The highest BCUT2D eigenvalue weighted by atomic mass is 32.2. The predicted molar refractivity (Wildman–Crippen MR) is 164 cm³/mol. The van der Waals surface area contributed by atoms with E-state index in [1.165, 1.54) is 9.21 Å². The van der Waals surface area contributed by atoms with Gasteiger partial charge in [0.05, 0.1) is 6.26 Å². The number of hydrogen-bond donors (Lipinski definition) is 2. The van der Waals surface area contributed by atoms with Gasteiger partial charge in [-0.3, -0.25) is 14.4 Å². The molecule has 2 saturated heterocycles. The Morgan fingerprint density at radius 2 is 1.71 bits per heavy atom. The summed E-state index contributed by atoms with van der Waals surface area (Å²) in [4.78, 5) is 46.0. The maximum atomic E-state index is 13.9. The zero-order valence-corrected chi connectivity index (χ0v) is 26.1. The molecule has 3 atom stereocenters. The van der Waals surface area contributed by atoms with Gasteiger partial charge >= 0.3 is 0 Å². The molecule has 1 aromatic rings. The molecule has 0 bridgehead atoms. The van der Waals surface area contributed by atoms with Gasteiger partial charge in [0.25, 0.3) is 5.91 Å². The van der Waals surface area contributed by atoms with Crippen LogP contribution in [0.1, 0.15) is 70.8 Å². The number of aliphatic imine (C=N–C) groups is 1. The molecule has 1 unspecified atom stereocenters. The van der Waals surface area contributed by atoms with Gasteiger partial charge < -0.3 is 21.3 Å². The lowest BCUT2D eigenvalue weighted by Gasteiger charge is -2.38. The second-order valence-electron chi connectivity index (χ2n) is 11.8. The van der Waals surface area contributed by atoms with Crippen LogP contribution in [-0.2, 0) is 30.8 Å². The fraction of sp³-hybridized carbons (Fsp3) is 0.667. The van der Waals surface area contributed by atoms with Crippen molar-refractivity contribution < 1.29 is 22.8 Å². The minimum Gasteiger partial charge on any atom is -0.369 e. The smallest absolute Gasteiger partial charge is 0.251 e. The quantitative estimate of drug-likeness (QED) is 0.198. The zero-order valence-electron chi connectivity index (χ0n) is 25.3. The molecule has 4 N–H and O–H groups in total. The molecule has 3 rings (SSSR count). The van der Waals surface area contributed by atoms with E-state index in [0.717, 1.165) is 37.5 Å². The van der Waals surface area contributed by atoms with Crippen LogP contribution in [0.2, 0.25) is 0 Å². The highest BCUT2D eigenvalue weighted by Crippen LogP contribution is 2.26. The number of guanidine groups is 1. The van der Waals surface area contributed by atoms with Crippen molar-refractivity contribution in [2.75, 3.05) is 32.4 Å². The Morgan fingerprint density at radius 1 is 1.05 bits per heavy atom. The fourth-order valence-electron chi connectivity index (χ4n) is 5.88. The van der Waals surface area contributed by atoms with Crippen molar-refractivity contribution >= 4 is 33.7 Å². The summed E-state index contributed by atoms with van der Waals surface area (Å²) in [6, 6.07) is 7.55. The predicted octanol–water partition coefficient (Wildman–Crippen LogP) is 2.11. The Balaban J connectivity index is 1.73. The molecule has 12 heteroatoms. The summed E-state index contributed by atoms with van der Waals surface area (Å²) in [5.74, 6) is -1.20. The molecule has 3 amide bonds. The number of likely N-dealkylation sites (tertiary alicyclic amines) is 2. The summed E-state index contributed by atoms with van der Waals surface area (Å²) >= 11 is 0. The number of nitrogens with zero attached hydrogens (tertiary/aromatic N) is 4. The van der Waals surface area contributed by atoms with Gasteiger partial charge in [-0.1, -0.05) is 63.4 Å². The second-order valence-corrected chi connectivity index (χ2v) is 13.7. The standard InChI is InChI=1S/C30H48N6O5S/c1-4-5-7-11-22(2)28(38)33-30(32)34-18-15-24(16-19-34)21-36(42(3,40)41)26(20-23-12-8-6-9-13-23)29(39)35-17-10-14-25(35)27(31)37/h6,8-9,12-13,22,24-26H,4-5,7,10-11,14-21H2,1-3H3,(H2,31,37)(H2,32,33,38)/t22?,25-,26+/m0/s1. The van der Waals surface area contributed by atoms with Gasteiger partial charge in [-0.15, -0.1) is 0 Å².